The highest BCUT2D eigenvalue weighted by Crippen LogP contribution is 2.17. The molecule has 0 aromatic heterocycles. The molecule has 27 heavy (non-hydrogen) atoms. The molecule has 2 N–H and O–H groups in total. The lowest BCUT2D eigenvalue weighted by atomic mass is 10.2. The Morgan fingerprint density at radius 1 is 1.07 bits per heavy atom. The van der Waals surface area contributed by atoms with Gasteiger partial charge in [-0.05, 0) is 37.6 Å². The molecular formula is C20H27N3O3S. The van der Waals surface area contributed by atoms with Crippen LogP contribution in [0.15, 0.2) is 64.5 Å². The van der Waals surface area contributed by atoms with Crippen molar-refractivity contribution in [3.8, 4) is 5.75 Å². The largest absolute Gasteiger partial charge is 0.489 e. The summed E-state index contributed by atoms with van der Waals surface area (Å²) in [6.07, 6.45) is -0.0716. The fraction of sp³-hybridized carbons (Fsp3) is 0.350. The molecule has 2 rings (SSSR count). The monoisotopic (exact) mass is 389 g/mol. The second kappa shape index (κ2) is 9.97. The van der Waals surface area contributed by atoms with Gasteiger partial charge in [-0.25, -0.2) is 8.42 Å². The normalized spacial score (nSPS) is 13.1. The lowest BCUT2D eigenvalue weighted by Gasteiger charge is -2.18. The fourth-order valence-corrected chi connectivity index (χ4v) is 3.64. The number of nitrogens with zero attached hydrogens (tertiary/aromatic N) is 1. The van der Waals surface area contributed by atoms with Crippen molar-refractivity contribution in [1.29, 1.82) is 0 Å². The van der Waals surface area contributed by atoms with E-state index in [9.17, 15) is 8.42 Å². The van der Waals surface area contributed by atoms with Crippen molar-refractivity contribution in [3.05, 3.63) is 60.2 Å². The molecule has 146 valence electrons. The third kappa shape index (κ3) is 6.60. The van der Waals surface area contributed by atoms with Gasteiger partial charge in [0.15, 0.2) is 15.8 Å². The van der Waals surface area contributed by atoms with E-state index in [1.807, 2.05) is 38.1 Å². The number of para-hydroxylation sites is 1. The molecule has 7 heteroatoms. The molecule has 0 aliphatic heterocycles. The number of benzene rings is 2. The Labute approximate surface area is 161 Å². The van der Waals surface area contributed by atoms with E-state index in [1.165, 1.54) is 0 Å². The highest BCUT2D eigenvalue weighted by atomic mass is 32.2. The van der Waals surface area contributed by atoms with Gasteiger partial charge < -0.3 is 15.4 Å². The predicted octanol–water partition coefficient (Wildman–Crippen LogP) is 2.40. The maximum atomic E-state index is 12.3. The van der Waals surface area contributed by atoms with Gasteiger partial charge in [0, 0.05) is 13.6 Å². The van der Waals surface area contributed by atoms with Crippen LogP contribution in [0.5, 0.6) is 5.75 Å². The van der Waals surface area contributed by atoms with Gasteiger partial charge in [-0.15, -0.1) is 0 Å². The Morgan fingerprint density at radius 2 is 1.74 bits per heavy atom. The molecule has 0 saturated heterocycles. The smallest absolute Gasteiger partial charge is 0.191 e. The first-order valence-electron chi connectivity index (χ1n) is 8.87. The number of ether oxygens (including phenoxy) is 1. The SMILES string of the molecule is CN=C(NCCS(=O)(=O)c1ccccc1)NCC(C)Oc1ccccc1C. The molecule has 0 radical (unpaired) electrons. The van der Waals surface area contributed by atoms with Crippen LogP contribution >= 0.6 is 0 Å². The molecule has 2 aromatic rings. The van der Waals surface area contributed by atoms with Crippen molar-refractivity contribution in [1.82, 2.24) is 10.6 Å². The lowest BCUT2D eigenvalue weighted by Crippen LogP contribution is -2.43. The van der Waals surface area contributed by atoms with Crippen molar-refractivity contribution >= 4 is 15.8 Å². The number of hydrogen-bond donors (Lipinski definition) is 2. The molecule has 1 atom stereocenters. The third-order valence-corrected chi connectivity index (χ3v) is 5.70. The molecule has 0 aliphatic carbocycles. The van der Waals surface area contributed by atoms with Gasteiger partial charge in [-0.2, -0.15) is 0 Å². The van der Waals surface area contributed by atoms with Crippen LogP contribution in [0, 0.1) is 6.92 Å². The Balaban J connectivity index is 1.78. The summed E-state index contributed by atoms with van der Waals surface area (Å²) < 4.78 is 30.5. The van der Waals surface area contributed by atoms with E-state index in [2.05, 4.69) is 15.6 Å². The lowest BCUT2D eigenvalue weighted by molar-refractivity contribution is 0.222. The summed E-state index contributed by atoms with van der Waals surface area (Å²) in [6.45, 7) is 4.78. The Kier molecular flexibility index (Phi) is 7.67. The second-order valence-corrected chi connectivity index (χ2v) is 8.31. The molecule has 6 nitrogen and oxygen atoms in total. The van der Waals surface area contributed by atoms with E-state index >= 15 is 0 Å². The van der Waals surface area contributed by atoms with E-state index in [1.54, 1.807) is 37.4 Å². The first-order valence-corrected chi connectivity index (χ1v) is 10.5. The van der Waals surface area contributed by atoms with Crippen LogP contribution < -0.4 is 15.4 Å². The minimum Gasteiger partial charge on any atom is -0.489 e. The first-order chi connectivity index (χ1) is 12.9. The maximum absolute atomic E-state index is 12.3. The number of guanidine groups is 1. The van der Waals surface area contributed by atoms with Crippen LogP contribution in [0.2, 0.25) is 0 Å². The van der Waals surface area contributed by atoms with E-state index in [-0.39, 0.29) is 18.4 Å². The van der Waals surface area contributed by atoms with Crippen molar-refractivity contribution in [2.45, 2.75) is 24.8 Å². The molecule has 0 saturated carbocycles. The topological polar surface area (TPSA) is 79.8 Å². The minimum absolute atomic E-state index is 0.00697. The van der Waals surface area contributed by atoms with E-state index in [4.69, 9.17) is 4.74 Å². The number of sulfone groups is 1. The Hall–Kier alpha value is -2.54. The molecule has 1 unspecified atom stereocenters. The number of aryl methyl sites for hydroxylation is 1. The average molecular weight is 390 g/mol. The highest BCUT2D eigenvalue weighted by molar-refractivity contribution is 7.91. The first kappa shape index (κ1) is 20.8. The summed E-state index contributed by atoms with van der Waals surface area (Å²) in [5.74, 6) is 1.38. The number of aliphatic imine (C=N–C) groups is 1. The van der Waals surface area contributed by atoms with Crippen LogP contribution in [-0.4, -0.2) is 46.4 Å². The van der Waals surface area contributed by atoms with Gasteiger partial charge in [0.1, 0.15) is 11.9 Å². The molecule has 0 heterocycles. The molecule has 2 aromatic carbocycles. The number of nitrogens with one attached hydrogen (secondary N) is 2. The highest BCUT2D eigenvalue weighted by Gasteiger charge is 2.14. The van der Waals surface area contributed by atoms with Gasteiger partial charge in [-0.1, -0.05) is 36.4 Å². The van der Waals surface area contributed by atoms with Crippen molar-refractivity contribution in [2.24, 2.45) is 4.99 Å². The Bertz CT molecular complexity index is 852. The molecule has 0 aliphatic rings. The van der Waals surface area contributed by atoms with Crippen LogP contribution in [0.3, 0.4) is 0 Å². The summed E-state index contributed by atoms with van der Waals surface area (Å²) in [7, 11) is -1.66. The van der Waals surface area contributed by atoms with E-state index < -0.39 is 9.84 Å². The molecule has 0 spiro atoms. The van der Waals surface area contributed by atoms with Crippen LogP contribution in [-0.2, 0) is 9.84 Å². The summed E-state index contributed by atoms with van der Waals surface area (Å²) in [6, 6.07) is 16.3. The number of rotatable bonds is 8. The van der Waals surface area contributed by atoms with Gasteiger partial charge in [0.05, 0.1) is 17.2 Å². The fourth-order valence-electron chi connectivity index (χ4n) is 2.46. The average Bonchev–Trinajstić information content (AvgIpc) is 2.67. The van der Waals surface area contributed by atoms with Gasteiger partial charge >= 0.3 is 0 Å². The quantitative estimate of drug-likeness (QED) is 0.535. The van der Waals surface area contributed by atoms with Crippen LogP contribution in [0.25, 0.3) is 0 Å². The van der Waals surface area contributed by atoms with Gasteiger partial charge in [0.2, 0.25) is 0 Å². The van der Waals surface area contributed by atoms with Crippen molar-refractivity contribution in [3.63, 3.8) is 0 Å². The third-order valence-electron chi connectivity index (χ3n) is 3.97. The molecular weight excluding hydrogens is 362 g/mol. The van der Waals surface area contributed by atoms with Crippen molar-refractivity contribution < 1.29 is 13.2 Å². The minimum atomic E-state index is -3.31. The zero-order valence-corrected chi connectivity index (χ0v) is 16.8. The van der Waals surface area contributed by atoms with Crippen LogP contribution in [0.4, 0.5) is 0 Å². The molecule has 0 amide bonds. The molecule has 0 fully saturated rings. The standard InChI is InChI=1S/C20H27N3O3S/c1-16-9-7-8-12-19(16)26-17(2)15-23-20(21-3)22-13-14-27(24,25)18-10-5-4-6-11-18/h4-12,17H,13-15H2,1-3H3,(H2,21,22,23). The van der Waals surface area contributed by atoms with E-state index in [0.29, 0.717) is 17.4 Å². The summed E-state index contributed by atoms with van der Waals surface area (Å²) in [5, 5.41) is 6.18. The summed E-state index contributed by atoms with van der Waals surface area (Å²) in [5.41, 5.74) is 1.08. The van der Waals surface area contributed by atoms with E-state index in [0.717, 1.165) is 11.3 Å². The second-order valence-electron chi connectivity index (χ2n) is 6.21. The predicted molar refractivity (Wildman–Crippen MR) is 109 cm³/mol. The zero-order valence-electron chi connectivity index (χ0n) is 16.0. The van der Waals surface area contributed by atoms with Gasteiger partial charge in [0.25, 0.3) is 0 Å². The van der Waals surface area contributed by atoms with Crippen molar-refractivity contribution in [2.75, 3.05) is 25.9 Å². The maximum Gasteiger partial charge on any atom is 0.191 e. The summed E-state index contributed by atoms with van der Waals surface area (Å²) in [4.78, 5) is 4.45. The van der Waals surface area contributed by atoms with Gasteiger partial charge in [-0.3, -0.25) is 4.99 Å². The Morgan fingerprint density at radius 3 is 2.41 bits per heavy atom. The molecule has 0 bridgehead atoms. The zero-order chi connectivity index (χ0) is 19.7. The number of hydrogen-bond acceptors (Lipinski definition) is 4. The van der Waals surface area contributed by atoms with Crippen LogP contribution in [0.1, 0.15) is 12.5 Å². The summed E-state index contributed by atoms with van der Waals surface area (Å²) >= 11 is 0.